The first kappa shape index (κ1) is 21.1. The van der Waals surface area contributed by atoms with Crippen LogP contribution < -0.4 is 10.9 Å². The molecule has 152 valence electrons. The number of hydrogen-bond donors (Lipinski definition) is 1. The Bertz CT molecular complexity index is 1090. The number of nitrogens with zero attached hydrogens (tertiary/aromatic N) is 3. The number of hydrogen-bond acceptors (Lipinski definition) is 6. The molecule has 0 spiro atoms. The van der Waals surface area contributed by atoms with Gasteiger partial charge in [-0.25, -0.2) is 4.98 Å². The summed E-state index contributed by atoms with van der Waals surface area (Å²) >= 11 is 2.57. The van der Waals surface area contributed by atoms with Gasteiger partial charge in [0.1, 0.15) is 4.70 Å². The summed E-state index contributed by atoms with van der Waals surface area (Å²) in [5.41, 5.74) is 2.35. The third-order valence-electron chi connectivity index (χ3n) is 4.31. The van der Waals surface area contributed by atoms with Crippen molar-refractivity contribution in [1.29, 1.82) is 0 Å². The highest BCUT2D eigenvalue weighted by Crippen LogP contribution is 2.21. The Kier molecular flexibility index (Phi) is 6.71. The summed E-state index contributed by atoms with van der Waals surface area (Å²) in [6, 6.07) is 9.26. The smallest absolute Gasteiger partial charge is 0.272 e. The van der Waals surface area contributed by atoms with Crippen LogP contribution in [0.15, 0.2) is 45.7 Å². The third-order valence-corrected chi connectivity index (χ3v) is 6.17. The van der Waals surface area contributed by atoms with Gasteiger partial charge < -0.3 is 10.2 Å². The fourth-order valence-electron chi connectivity index (χ4n) is 2.69. The monoisotopic (exact) mass is 430 g/mol. The fourth-order valence-corrected chi connectivity index (χ4v) is 4.47. The van der Waals surface area contributed by atoms with Crippen LogP contribution in [0.2, 0.25) is 0 Å². The molecule has 2 amide bonds. The van der Waals surface area contributed by atoms with Gasteiger partial charge in [0, 0.05) is 19.3 Å². The highest BCUT2D eigenvalue weighted by Gasteiger charge is 2.17. The van der Waals surface area contributed by atoms with Crippen molar-refractivity contribution in [3.05, 3.63) is 51.6 Å². The van der Waals surface area contributed by atoms with E-state index in [2.05, 4.69) is 10.3 Å². The minimum absolute atomic E-state index is 0.0507. The van der Waals surface area contributed by atoms with Gasteiger partial charge in [-0.3, -0.25) is 19.0 Å². The van der Waals surface area contributed by atoms with E-state index in [1.54, 1.807) is 17.7 Å². The molecule has 0 aliphatic rings. The van der Waals surface area contributed by atoms with Gasteiger partial charge in [0.25, 0.3) is 5.56 Å². The van der Waals surface area contributed by atoms with Gasteiger partial charge in [0.2, 0.25) is 11.8 Å². The largest absolute Gasteiger partial charge is 0.336 e. The number of rotatable bonds is 7. The quantitative estimate of drug-likeness (QED) is 0.460. The molecule has 3 rings (SSSR count). The van der Waals surface area contributed by atoms with Gasteiger partial charge in [0.05, 0.1) is 17.8 Å². The number of anilines is 1. The summed E-state index contributed by atoms with van der Waals surface area (Å²) in [6.45, 7) is 4.27. The van der Waals surface area contributed by atoms with Gasteiger partial charge in [-0.2, -0.15) is 0 Å². The first-order valence-corrected chi connectivity index (χ1v) is 11.0. The van der Waals surface area contributed by atoms with E-state index in [1.165, 1.54) is 28.0 Å². The van der Waals surface area contributed by atoms with Crippen LogP contribution in [-0.4, -0.2) is 45.6 Å². The van der Waals surface area contributed by atoms with E-state index < -0.39 is 0 Å². The van der Waals surface area contributed by atoms with E-state index in [-0.39, 0.29) is 29.7 Å². The molecule has 0 aliphatic heterocycles. The Morgan fingerprint density at radius 3 is 2.66 bits per heavy atom. The second-order valence-electron chi connectivity index (χ2n) is 6.53. The molecule has 7 nitrogen and oxygen atoms in total. The minimum Gasteiger partial charge on any atom is -0.336 e. The summed E-state index contributed by atoms with van der Waals surface area (Å²) in [7, 11) is 1.58. The first-order valence-electron chi connectivity index (χ1n) is 9.10. The SMILES string of the molecule is CCn1c(SCC(=O)N(C)CC(=O)Nc2ccc(C)cc2)nc2ccsc2c1=O. The lowest BCUT2D eigenvalue weighted by Gasteiger charge is -2.17. The van der Waals surface area contributed by atoms with Gasteiger partial charge in [-0.05, 0) is 37.4 Å². The van der Waals surface area contributed by atoms with Crippen molar-refractivity contribution in [2.75, 3.05) is 24.7 Å². The molecular weight excluding hydrogens is 408 g/mol. The molecule has 9 heteroatoms. The van der Waals surface area contributed by atoms with Crippen molar-refractivity contribution in [3.63, 3.8) is 0 Å². The van der Waals surface area contributed by atoms with Crippen LogP contribution in [0.1, 0.15) is 12.5 Å². The fraction of sp³-hybridized carbons (Fsp3) is 0.300. The van der Waals surface area contributed by atoms with E-state index in [0.29, 0.717) is 27.6 Å². The molecule has 0 unspecified atom stereocenters. The zero-order chi connectivity index (χ0) is 21.0. The maximum Gasteiger partial charge on any atom is 0.272 e. The average Bonchev–Trinajstić information content (AvgIpc) is 3.16. The first-order chi connectivity index (χ1) is 13.9. The van der Waals surface area contributed by atoms with E-state index in [1.807, 2.05) is 43.5 Å². The Morgan fingerprint density at radius 1 is 1.24 bits per heavy atom. The predicted octanol–water partition coefficient (Wildman–Crippen LogP) is 2.98. The molecule has 1 aromatic carbocycles. The molecule has 0 saturated heterocycles. The van der Waals surface area contributed by atoms with E-state index in [9.17, 15) is 14.4 Å². The molecule has 2 aromatic heterocycles. The topological polar surface area (TPSA) is 84.3 Å². The van der Waals surface area contributed by atoms with Crippen LogP contribution in [0.3, 0.4) is 0 Å². The second kappa shape index (κ2) is 9.23. The van der Waals surface area contributed by atoms with Gasteiger partial charge in [-0.1, -0.05) is 29.5 Å². The Hall–Kier alpha value is -2.65. The number of nitrogens with one attached hydrogen (secondary N) is 1. The molecule has 0 atom stereocenters. The summed E-state index contributed by atoms with van der Waals surface area (Å²) in [6.07, 6.45) is 0. The molecule has 3 aromatic rings. The maximum absolute atomic E-state index is 12.5. The van der Waals surface area contributed by atoms with Crippen molar-refractivity contribution in [1.82, 2.24) is 14.5 Å². The summed E-state index contributed by atoms with van der Waals surface area (Å²) in [5, 5.41) is 5.12. The average molecular weight is 431 g/mol. The number of carbonyl (C=O) groups excluding carboxylic acids is 2. The normalized spacial score (nSPS) is 10.9. The number of benzene rings is 1. The molecule has 0 radical (unpaired) electrons. The summed E-state index contributed by atoms with van der Waals surface area (Å²) in [5.74, 6) is -0.384. The van der Waals surface area contributed by atoms with Crippen LogP contribution in [-0.2, 0) is 16.1 Å². The maximum atomic E-state index is 12.5. The zero-order valence-corrected chi connectivity index (χ0v) is 18.1. The molecule has 0 aliphatic carbocycles. The molecule has 2 heterocycles. The lowest BCUT2D eigenvalue weighted by molar-refractivity contribution is -0.131. The number of thiophene rings is 1. The second-order valence-corrected chi connectivity index (χ2v) is 8.39. The van der Waals surface area contributed by atoms with Crippen molar-refractivity contribution >= 4 is 50.8 Å². The van der Waals surface area contributed by atoms with Crippen molar-refractivity contribution in [2.24, 2.45) is 0 Å². The van der Waals surface area contributed by atoms with Gasteiger partial charge in [-0.15, -0.1) is 11.3 Å². The van der Waals surface area contributed by atoms with E-state index >= 15 is 0 Å². The van der Waals surface area contributed by atoms with Crippen LogP contribution >= 0.6 is 23.1 Å². The Balaban J connectivity index is 1.60. The highest BCUT2D eigenvalue weighted by atomic mass is 32.2. The Labute approximate surface area is 176 Å². The zero-order valence-electron chi connectivity index (χ0n) is 16.5. The lowest BCUT2D eigenvalue weighted by Crippen LogP contribution is -2.36. The van der Waals surface area contributed by atoms with Crippen LogP contribution in [0.4, 0.5) is 5.69 Å². The summed E-state index contributed by atoms with van der Waals surface area (Å²) < 4.78 is 2.19. The molecular formula is C20H22N4O3S2. The van der Waals surface area contributed by atoms with E-state index in [4.69, 9.17) is 0 Å². The molecule has 0 bridgehead atoms. The standard InChI is InChI=1S/C20H22N4O3S2/c1-4-24-19(27)18-15(9-10-28-18)22-20(24)29-12-17(26)23(3)11-16(25)21-14-7-5-13(2)6-8-14/h5-10H,4,11-12H2,1-3H3,(H,21,25). The number of amides is 2. The number of aryl methyl sites for hydroxylation is 1. The number of carbonyl (C=O) groups is 2. The molecule has 0 fully saturated rings. The van der Waals surface area contributed by atoms with Crippen LogP contribution in [0.5, 0.6) is 0 Å². The summed E-state index contributed by atoms with van der Waals surface area (Å²) in [4.78, 5) is 43.0. The number of likely N-dealkylation sites (N-methyl/N-ethyl adjacent to an activating group) is 1. The molecule has 0 saturated carbocycles. The molecule has 1 N–H and O–H groups in total. The minimum atomic E-state index is -0.266. The van der Waals surface area contributed by atoms with Crippen molar-refractivity contribution in [2.45, 2.75) is 25.5 Å². The molecule has 29 heavy (non-hydrogen) atoms. The van der Waals surface area contributed by atoms with Gasteiger partial charge in [0.15, 0.2) is 5.16 Å². The number of fused-ring (bicyclic) bond motifs is 1. The predicted molar refractivity (Wildman–Crippen MR) is 118 cm³/mol. The lowest BCUT2D eigenvalue weighted by atomic mass is 10.2. The number of thioether (sulfide) groups is 1. The van der Waals surface area contributed by atoms with Crippen molar-refractivity contribution < 1.29 is 9.59 Å². The van der Waals surface area contributed by atoms with Crippen LogP contribution in [0, 0.1) is 6.92 Å². The van der Waals surface area contributed by atoms with Gasteiger partial charge >= 0.3 is 0 Å². The van der Waals surface area contributed by atoms with Crippen LogP contribution in [0.25, 0.3) is 10.2 Å². The number of aromatic nitrogens is 2. The van der Waals surface area contributed by atoms with Crippen molar-refractivity contribution in [3.8, 4) is 0 Å². The van der Waals surface area contributed by atoms with E-state index in [0.717, 1.165) is 5.56 Å². The third kappa shape index (κ3) is 5.04. The highest BCUT2D eigenvalue weighted by molar-refractivity contribution is 7.99. The Morgan fingerprint density at radius 2 is 1.97 bits per heavy atom.